The predicted octanol–water partition coefficient (Wildman–Crippen LogP) is 1.79. The van der Waals surface area contributed by atoms with Crippen LogP contribution in [0.3, 0.4) is 0 Å². The van der Waals surface area contributed by atoms with E-state index in [0.717, 1.165) is 24.8 Å². The second kappa shape index (κ2) is 5.65. The van der Waals surface area contributed by atoms with E-state index in [1.165, 1.54) is 45.3 Å². The van der Waals surface area contributed by atoms with Crippen LogP contribution in [0.1, 0.15) is 25.7 Å². The van der Waals surface area contributed by atoms with Crippen LogP contribution in [0.25, 0.3) is 0 Å². The van der Waals surface area contributed by atoms with Crippen LogP contribution in [0, 0.1) is 5.92 Å². The Morgan fingerprint density at radius 3 is 2.56 bits per heavy atom. The molecule has 2 heterocycles. The molecule has 0 aromatic carbocycles. The predicted molar refractivity (Wildman–Crippen MR) is 72.6 cm³/mol. The Kier molecular flexibility index (Phi) is 3.74. The van der Waals surface area contributed by atoms with E-state index in [2.05, 4.69) is 26.1 Å². The molecule has 4 heteroatoms. The van der Waals surface area contributed by atoms with Crippen LogP contribution >= 0.6 is 0 Å². The van der Waals surface area contributed by atoms with Gasteiger partial charge in [0.1, 0.15) is 0 Å². The third-order valence-electron chi connectivity index (χ3n) is 4.25. The second-order valence-electron chi connectivity index (χ2n) is 5.52. The van der Waals surface area contributed by atoms with Crippen molar-refractivity contribution in [2.75, 3.05) is 37.6 Å². The van der Waals surface area contributed by atoms with Crippen molar-refractivity contribution in [1.82, 2.24) is 15.1 Å². The van der Waals surface area contributed by atoms with Gasteiger partial charge in [0, 0.05) is 38.9 Å². The van der Waals surface area contributed by atoms with Crippen molar-refractivity contribution in [2.45, 2.75) is 25.7 Å². The second-order valence-corrected chi connectivity index (χ2v) is 5.52. The molecule has 0 N–H and O–H groups in total. The molecule has 1 aromatic heterocycles. The van der Waals surface area contributed by atoms with Crippen LogP contribution in [0.2, 0.25) is 0 Å². The molecule has 3 rings (SSSR count). The van der Waals surface area contributed by atoms with Crippen LogP contribution < -0.4 is 4.90 Å². The lowest BCUT2D eigenvalue weighted by Gasteiger charge is -2.36. The maximum atomic E-state index is 4.19. The Labute approximate surface area is 109 Å². The fraction of sp³-hybridized carbons (Fsp3) is 0.714. The molecule has 18 heavy (non-hydrogen) atoms. The fourth-order valence-electron chi connectivity index (χ4n) is 3.18. The molecule has 1 aliphatic carbocycles. The van der Waals surface area contributed by atoms with Crippen molar-refractivity contribution in [2.24, 2.45) is 5.92 Å². The molecule has 0 radical (unpaired) electrons. The lowest BCUT2D eigenvalue weighted by atomic mass is 10.1. The molecule has 0 amide bonds. The summed E-state index contributed by atoms with van der Waals surface area (Å²) in [5, 5.41) is 8.14. The van der Waals surface area contributed by atoms with Gasteiger partial charge in [0.2, 0.25) is 0 Å². The smallest absolute Gasteiger partial charge is 0.151 e. The molecule has 0 atom stereocenters. The number of hydrogen-bond acceptors (Lipinski definition) is 4. The molecular formula is C14H22N4. The van der Waals surface area contributed by atoms with Crippen LogP contribution in [-0.2, 0) is 0 Å². The summed E-state index contributed by atoms with van der Waals surface area (Å²) in [6.45, 7) is 5.84. The van der Waals surface area contributed by atoms with Gasteiger partial charge in [-0.3, -0.25) is 4.90 Å². The minimum absolute atomic E-state index is 0.966. The first-order valence-corrected chi connectivity index (χ1v) is 7.17. The minimum Gasteiger partial charge on any atom is -0.353 e. The van der Waals surface area contributed by atoms with Crippen LogP contribution in [0.4, 0.5) is 5.82 Å². The summed E-state index contributed by atoms with van der Waals surface area (Å²) in [6, 6.07) is 4.02. The fourth-order valence-corrected chi connectivity index (χ4v) is 3.18. The van der Waals surface area contributed by atoms with Crippen molar-refractivity contribution in [3.05, 3.63) is 18.3 Å². The third-order valence-corrected chi connectivity index (χ3v) is 4.25. The Balaban J connectivity index is 1.49. The van der Waals surface area contributed by atoms with Gasteiger partial charge in [-0.2, -0.15) is 5.10 Å². The first kappa shape index (κ1) is 11.9. The van der Waals surface area contributed by atoms with Crippen LogP contribution in [-0.4, -0.2) is 47.8 Å². The van der Waals surface area contributed by atoms with Gasteiger partial charge < -0.3 is 4.90 Å². The van der Waals surface area contributed by atoms with Gasteiger partial charge in [-0.15, -0.1) is 5.10 Å². The maximum Gasteiger partial charge on any atom is 0.151 e. The molecule has 0 spiro atoms. The SMILES string of the molecule is c1cnnc(N2CCN(CC3CCCC3)CC2)c1. The van der Waals surface area contributed by atoms with Crippen molar-refractivity contribution in [3.63, 3.8) is 0 Å². The highest BCUT2D eigenvalue weighted by Crippen LogP contribution is 2.26. The molecule has 1 saturated carbocycles. The normalized spacial score (nSPS) is 22.6. The highest BCUT2D eigenvalue weighted by Gasteiger charge is 2.22. The molecule has 1 saturated heterocycles. The lowest BCUT2D eigenvalue weighted by molar-refractivity contribution is 0.219. The quantitative estimate of drug-likeness (QED) is 0.814. The highest BCUT2D eigenvalue weighted by atomic mass is 15.3. The standard InChI is InChI=1S/C14H22N4/c1-2-5-13(4-1)12-17-8-10-18(11-9-17)14-6-3-7-15-16-14/h3,6-7,13H,1-2,4-5,8-12H2. The largest absolute Gasteiger partial charge is 0.353 e. The number of hydrogen-bond donors (Lipinski definition) is 0. The number of anilines is 1. The number of piperazine rings is 1. The van der Waals surface area contributed by atoms with E-state index in [-0.39, 0.29) is 0 Å². The summed E-state index contributed by atoms with van der Waals surface area (Å²) < 4.78 is 0. The highest BCUT2D eigenvalue weighted by molar-refractivity contribution is 5.36. The van der Waals surface area contributed by atoms with Gasteiger partial charge >= 0.3 is 0 Å². The van der Waals surface area contributed by atoms with E-state index < -0.39 is 0 Å². The zero-order valence-electron chi connectivity index (χ0n) is 11.0. The lowest BCUT2D eigenvalue weighted by Crippen LogP contribution is -2.47. The van der Waals surface area contributed by atoms with Gasteiger partial charge in [0.25, 0.3) is 0 Å². The van der Waals surface area contributed by atoms with E-state index in [1.54, 1.807) is 6.20 Å². The molecule has 1 aromatic rings. The van der Waals surface area contributed by atoms with E-state index >= 15 is 0 Å². The van der Waals surface area contributed by atoms with E-state index in [0.29, 0.717) is 0 Å². The zero-order chi connectivity index (χ0) is 12.2. The summed E-state index contributed by atoms with van der Waals surface area (Å²) in [6.07, 6.45) is 7.53. The first-order valence-electron chi connectivity index (χ1n) is 7.17. The van der Waals surface area contributed by atoms with Crippen molar-refractivity contribution >= 4 is 5.82 Å². The Morgan fingerprint density at radius 2 is 1.89 bits per heavy atom. The third kappa shape index (κ3) is 2.80. The van der Waals surface area contributed by atoms with Gasteiger partial charge in [-0.25, -0.2) is 0 Å². The summed E-state index contributed by atoms with van der Waals surface area (Å²) in [5.74, 6) is 1.99. The molecule has 4 nitrogen and oxygen atoms in total. The average molecular weight is 246 g/mol. The van der Waals surface area contributed by atoms with E-state index in [9.17, 15) is 0 Å². The maximum absolute atomic E-state index is 4.19. The van der Waals surface area contributed by atoms with E-state index in [1.807, 2.05) is 6.07 Å². The van der Waals surface area contributed by atoms with Gasteiger partial charge in [-0.1, -0.05) is 12.8 Å². The molecule has 2 fully saturated rings. The number of nitrogens with zero attached hydrogens (tertiary/aromatic N) is 4. The van der Waals surface area contributed by atoms with Crippen molar-refractivity contribution < 1.29 is 0 Å². The molecule has 1 aliphatic heterocycles. The van der Waals surface area contributed by atoms with E-state index in [4.69, 9.17) is 0 Å². The van der Waals surface area contributed by atoms with Crippen molar-refractivity contribution in [3.8, 4) is 0 Å². The van der Waals surface area contributed by atoms with Gasteiger partial charge in [-0.05, 0) is 30.9 Å². The number of rotatable bonds is 3. The Bertz CT molecular complexity index is 353. The summed E-state index contributed by atoms with van der Waals surface area (Å²) in [5.41, 5.74) is 0. The monoisotopic (exact) mass is 246 g/mol. The summed E-state index contributed by atoms with van der Waals surface area (Å²) in [7, 11) is 0. The van der Waals surface area contributed by atoms with Crippen LogP contribution in [0.5, 0.6) is 0 Å². The first-order chi connectivity index (χ1) is 8.92. The zero-order valence-corrected chi connectivity index (χ0v) is 11.0. The average Bonchev–Trinajstić information content (AvgIpc) is 2.94. The summed E-state index contributed by atoms with van der Waals surface area (Å²) >= 11 is 0. The Hall–Kier alpha value is -1.16. The Morgan fingerprint density at radius 1 is 1.11 bits per heavy atom. The topological polar surface area (TPSA) is 32.3 Å². The number of aromatic nitrogens is 2. The van der Waals surface area contributed by atoms with Crippen molar-refractivity contribution in [1.29, 1.82) is 0 Å². The molecule has 2 aliphatic rings. The molecule has 98 valence electrons. The van der Waals surface area contributed by atoms with Gasteiger partial charge in [0.15, 0.2) is 5.82 Å². The summed E-state index contributed by atoms with van der Waals surface area (Å²) in [4.78, 5) is 4.97. The van der Waals surface area contributed by atoms with Crippen LogP contribution in [0.15, 0.2) is 18.3 Å². The van der Waals surface area contributed by atoms with Gasteiger partial charge in [0.05, 0.1) is 0 Å². The molecule has 0 bridgehead atoms. The minimum atomic E-state index is 0.966. The molecular weight excluding hydrogens is 224 g/mol. The molecule has 0 unspecified atom stereocenters.